The van der Waals surface area contributed by atoms with Crippen molar-refractivity contribution in [2.24, 2.45) is 0 Å². The number of rotatable bonds is 42. The van der Waals surface area contributed by atoms with Crippen LogP contribution >= 0.6 is 0 Å². The number of nitrogens with zero attached hydrogens (tertiary/aromatic N) is 1. The Labute approximate surface area is 320 Å². The van der Waals surface area contributed by atoms with Crippen LogP contribution in [0, 0.1) is 0 Å². The van der Waals surface area contributed by atoms with Gasteiger partial charge < -0.3 is 0 Å². The van der Waals surface area contributed by atoms with Crippen LogP contribution in [0.3, 0.4) is 0 Å². The molecule has 0 radical (unpaired) electrons. The van der Waals surface area contributed by atoms with E-state index in [1.54, 1.807) is 0 Å². The van der Waals surface area contributed by atoms with Crippen molar-refractivity contribution in [1.82, 2.24) is 4.90 Å². The molecule has 0 rings (SSSR count). The van der Waals surface area contributed by atoms with Gasteiger partial charge in [-0.2, -0.15) is 0 Å². The molecule has 0 aromatic rings. The maximum Gasteiger partial charge on any atom is 0.0158 e. The zero-order valence-electron chi connectivity index (χ0n) is 36.7. The van der Waals surface area contributed by atoms with E-state index in [1.807, 2.05) is 0 Å². The maximum atomic E-state index is 2.99. The third-order valence-electron chi connectivity index (χ3n) is 12.2. The predicted octanol–water partition coefficient (Wildman–Crippen LogP) is 18.1. The van der Waals surface area contributed by atoms with Crippen LogP contribution in [0.15, 0.2) is 0 Å². The molecule has 0 atom stereocenters. The van der Waals surface area contributed by atoms with Crippen molar-refractivity contribution in [1.29, 1.82) is 0 Å². The summed E-state index contributed by atoms with van der Waals surface area (Å²) in [4.78, 5) is 2.99. The lowest BCUT2D eigenvalue weighted by molar-refractivity contribution is 0.00151. The molecule has 0 saturated carbocycles. The Hall–Kier alpha value is -0.0400. The summed E-state index contributed by atoms with van der Waals surface area (Å²) < 4.78 is 0. The molecule has 0 bridgehead atoms. The van der Waals surface area contributed by atoms with Gasteiger partial charge in [-0.25, -0.2) is 0 Å². The van der Waals surface area contributed by atoms with E-state index >= 15 is 0 Å². The summed E-state index contributed by atoms with van der Waals surface area (Å²) >= 11 is 0. The summed E-state index contributed by atoms with van der Waals surface area (Å²) in [6, 6.07) is 0. The molecule has 0 aliphatic carbocycles. The van der Waals surface area contributed by atoms with Crippen molar-refractivity contribution in [2.45, 2.75) is 310 Å². The summed E-state index contributed by atoms with van der Waals surface area (Å²) in [5.41, 5.74) is 0.604. The van der Waals surface area contributed by atoms with E-state index in [-0.39, 0.29) is 0 Å². The molecule has 0 spiro atoms. The van der Waals surface area contributed by atoms with E-state index in [9.17, 15) is 0 Å². The van der Waals surface area contributed by atoms with Gasteiger partial charge in [0.1, 0.15) is 0 Å². The molecule has 0 amide bonds. The van der Waals surface area contributed by atoms with Crippen LogP contribution in [-0.4, -0.2) is 22.5 Å². The normalized spacial score (nSPS) is 12.5. The second kappa shape index (κ2) is 37.3. The van der Waals surface area contributed by atoms with Gasteiger partial charge in [0.15, 0.2) is 0 Å². The zero-order valence-corrected chi connectivity index (χ0v) is 36.7. The Balaban J connectivity index is 4.50. The largest absolute Gasteiger partial charge is 0.293 e. The minimum Gasteiger partial charge on any atom is -0.293 e. The van der Waals surface area contributed by atoms with Crippen LogP contribution in [0.2, 0.25) is 0 Å². The number of hydrogen-bond donors (Lipinski definition) is 0. The van der Waals surface area contributed by atoms with E-state index < -0.39 is 0 Å². The maximum absolute atomic E-state index is 2.99. The van der Waals surface area contributed by atoms with Crippen LogP contribution < -0.4 is 0 Å². The summed E-state index contributed by atoms with van der Waals surface area (Å²) in [5, 5.41) is 0. The molecule has 0 saturated heterocycles. The fourth-order valence-electron chi connectivity index (χ4n) is 8.78. The molecule has 302 valence electrons. The highest BCUT2D eigenvalue weighted by Crippen LogP contribution is 2.34. The van der Waals surface area contributed by atoms with Gasteiger partial charge in [0.05, 0.1) is 0 Å². The quantitative estimate of drug-likeness (QED) is 0.0572. The fourth-order valence-corrected chi connectivity index (χ4v) is 8.78. The van der Waals surface area contributed by atoms with Gasteiger partial charge in [-0.05, 0) is 53.5 Å². The van der Waals surface area contributed by atoms with Crippen molar-refractivity contribution in [3.63, 3.8) is 0 Å². The Morgan fingerprint density at radius 1 is 0.240 bits per heavy atom. The molecule has 0 heterocycles. The molecule has 1 heteroatoms. The third-order valence-corrected chi connectivity index (χ3v) is 12.2. The second-order valence-electron chi connectivity index (χ2n) is 18.3. The van der Waals surface area contributed by atoms with Gasteiger partial charge in [0.25, 0.3) is 0 Å². The highest BCUT2D eigenvalue weighted by molar-refractivity contribution is 4.92. The van der Waals surface area contributed by atoms with E-state index in [2.05, 4.69) is 53.4 Å². The van der Waals surface area contributed by atoms with Gasteiger partial charge in [-0.15, -0.1) is 0 Å². The van der Waals surface area contributed by atoms with Crippen LogP contribution in [0.4, 0.5) is 0 Å². The predicted molar refractivity (Wildman–Crippen MR) is 232 cm³/mol. The first-order valence-corrected chi connectivity index (χ1v) is 24.1. The van der Waals surface area contributed by atoms with Crippen molar-refractivity contribution < 1.29 is 0 Å². The fraction of sp³-hybridized carbons (Fsp3) is 1.00. The molecule has 0 unspecified atom stereocenters. The summed E-state index contributed by atoms with van der Waals surface area (Å²) in [7, 11) is 0. The first kappa shape index (κ1) is 50.0. The van der Waals surface area contributed by atoms with Crippen LogP contribution in [0.25, 0.3) is 0 Å². The van der Waals surface area contributed by atoms with Gasteiger partial charge in [0.2, 0.25) is 0 Å². The molecule has 0 aromatic carbocycles. The van der Waals surface area contributed by atoms with Crippen molar-refractivity contribution in [3.05, 3.63) is 0 Å². The lowest BCUT2D eigenvalue weighted by Gasteiger charge is -2.49. The summed E-state index contributed by atoms with van der Waals surface area (Å²) in [6.07, 6.45) is 56.3. The highest BCUT2D eigenvalue weighted by atomic mass is 15.2. The standard InChI is InChI=1S/C49H101N/c1-8-11-14-17-20-23-26-28-30-33-36-39-42-45-48(4,5)50(47-44-41-38-35-32-25-22-19-16-13-10-3)49(6,7)46-43-40-37-34-31-29-27-24-21-18-15-12-9-2/h8-47H2,1-7H3. The number of unbranched alkanes of at least 4 members (excludes halogenated alkanes) is 34. The van der Waals surface area contributed by atoms with Gasteiger partial charge in [-0.3, -0.25) is 4.90 Å². The SMILES string of the molecule is CCCCCCCCCCCCCCCC(C)(C)N(CCCCCCCCCCCCC)C(C)(C)CCCCCCCCCCCCCCC. The van der Waals surface area contributed by atoms with Gasteiger partial charge in [0, 0.05) is 11.1 Å². The molecule has 0 aliphatic rings. The number of hydrogen-bond acceptors (Lipinski definition) is 1. The minimum absolute atomic E-state index is 0.302. The highest BCUT2D eigenvalue weighted by Gasteiger charge is 2.36. The third kappa shape index (κ3) is 32.6. The lowest BCUT2D eigenvalue weighted by Crippen LogP contribution is -2.55. The Bertz CT molecular complexity index is 593. The van der Waals surface area contributed by atoms with Crippen LogP contribution in [0.1, 0.15) is 299 Å². The van der Waals surface area contributed by atoms with Crippen molar-refractivity contribution in [2.75, 3.05) is 6.54 Å². The van der Waals surface area contributed by atoms with E-state index in [0.29, 0.717) is 11.1 Å². The topological polar surface area (TPSA) is 3.24 Å². The van der Waals surface area contributed by atoms with Crippen molar-refractivity contribution >= 4 is 0 Å². The molecule has 0 aliphatic heterocycles. The van der Waals surface area contributed by atoms with E-state index in [0.717, 1.165) is 0 Å². The molecule has 0 N–H and O–H groups in total. The first-order chi connectivity index (χ1) is 24.3. The lowest BCUT2D eigenvalue weighted by atomic mass is 9.85. The summed E-state index contributed by atoms with van der Waals surface area (Å²) in [5.74, 6) is 0. The van der Waals surface area contributed by atoms with Gasteiger partial charge >= 0.3 is 0 Å². The van der Waals surface area contributed by atoms with E-state index in [1.165, 1.54) is 257 Å². The first-order valence-electron chi connectivity index (χ1n) is 24.1. The molecule has 0 aromatic heterocycles. The average Bonchev–Trinajstić information content (AvgIpc) is 3.09. The molecule has 1 nitrogen and oxygen atoms in total. The minimum atomic E-state index is 0.302. The monoisotopic (exact) mass is 704 g/mol. The van der Waals surface area contributed by atoms with E-state index in [4.69, 9.17) is 0 Å². The Morgan fingerprint density at radius 2 is 0.420 bits per heavy atom. The smallest absolute Gasteiger partial charge is 0.0158 e. The molecule has 50 heavy (non-hydrogen) atoms. The van der Waals surface area contributed by atoms with Crippen LogP contribution in [-0.2, 0) is 0 Å². The average molecular weight is 704 g/mol. The second-order valence-corrected chi connectivity index (χ2v) is 18.3. The molecule has 0 fully saturated rings. The van der Waals surface area contributed by atoms with Crippen molar-refractivity contribution in [3.8, 4) is 0 Å². The van der Waals surface area contributed by atoms with Crippen LogP contribution in [0.5, 0.6) is 0 Å². The summed E-state index contributed by atoms with van der Waals surface area (Å²) in [6.45, 7) is 18.6. The molecular weight excluding hydrogens is 603 g/mol. The Morgan fingerprint density at radius 3 is 0.640 bits per heavy atom. The molecular formula is C49H101N. The van der Waals surface area contributed by atoms with Gasteiger partial charge in [-0.1, -0.05) is 252 Å². The Kier molecular flexibility index (Phi) is 37.3. The zero-order chi connectivity index (χ0) is 36.9.